The van der Waals surface area contributed by atoms with Gasteiger partial charge in [-0.25, -0.2) is 4.98 Å². The highest BCUT2D eigenvalue weighted by Gasteiger charge is 2.19. The number of hydrogen-bond donors (Lipinski definition) is 3. The lowest BCUT2D eigenvalue weighted by atomic mass is 10.0. The van der Waals surface area contributed by atoms with E-state index < -0.39 is 0 Å². The minimum atomic E-state index is 0.0604. The van der Waals surface area contributed by atoms with Crippen molar-refractivity contribution in [1.29, 1.82) is 0 Å². The maximum absolute atomic E-state index is 9.54. The molecular weight excluding hydrogens is 344 g/mol. The molecule has 0 aliphatic carbocycles. The molecule has 8 nitrogen and oxygen atoms in total. The van der Waals surface area contributed by atoms with Gasteiger partial charge in [-0.2, -0.15) is 5.10 Å². The first-order valence-corrected chi connectivity index (χ1v) is 9.12. The standard InChI is InChI=1S/C19H26N6O2/c1-5-12(2)25(8-9-26)18-11-15(19-13(3)24-27-14(19)4)10-17(22-18)21-16-6-7-20-23-16/h6-7,10-12,26H,5,8-9H2,1-4H3,(H2,20,21,22,23)/t12-/m1/s1. The number of nitrogens with zero attached hydrogens (tertiary/aromatic N) is 4. The van der Waals surface area contributed by atoms with Crippen LogP contribution in [0.3, 0.4) is 0 Å². The van der Waals surface area contributed by atoms with Crippen molar-refractivity contribution in [2.45, 2.75) is 40.2 Å². The van der Waals surface area contributed by atoms with Gasteiger partial charge in [0.2, 0.25) is 0 Å². The minimum absolute atomic E-state index is 0.0604. The summed E-state index contributed by atoms with van der Waals surface area (Å²) in [7, 11) is 0. The highest BCUT2D eigenvalue weighted by Crippen LogP contribution is 2.32. The summed E-state index contributed by atoms with van der Waals surface area (Å²) >= 11 is 0. The molecule has 27 heavy (non-hydrogen) atoms. The Kier molecular flexibility index (Phi) is 5.75. The summed E-state index contributed by atoms with van der Waals surface area (Å²) in [5.41, 5.74) is 2.75. The highest BCUT2D eigenvalue weighted by atomic mass is 16.5. The van der Waals surface area contributed by atoms with Crippen molar-refractivity contribution in [2.75, 3.05) is 23.4 Å². The lowest BCUT2D eigenvalue weighted by Crippen LogP contribution is -2.35. The average Bonchev–Trinajstić information content (AvgIpc) is 3.28. The van der Waals surface area contributed by atoms with Crippen LogP contribution in [0.15, 0.2) is 28.9 Å². The van der Waals surface area contributed by atoms with Crippen LogP contribution in [-0.4, -0.2) is 44.6 Å². The number of H-pyrrole nitrogens is 1. The van der Waals surface area contributed by atoms with E-state index in [1.165, 1.54) is 0 Å². The van der Waals surface area contributed by atoms with E-state index in [0.29, 0.717) is 12.4 Å². The van der Waals surface area contributed by atoms with Crippen molar-refractivity contribution in [2.24, 2.45) is 0 Å². The van der Waals surface area contributed by atoms with E-state index >= 15 is 0 Å². The van der Waals surface area contributed by atoms with Gasteiger partial charge in [0.1, 0.15) is 23.2 Å². The van der Waals surface area contributed by atoms with E-state index in [1.54, 1.807) is 6.20 Å². The fourth-order valence-electron chi connectivity index (χ4n) is 3.12. The Labute approximate surface area is 158 Å². The van der Waals surface area contributed by atoms with Gasteiger partial charge in [0.05, 0.1) is 18.5 Å². The molecule has 1 atom stereocenters. The van der Waals surface area contributed by atoms with Gasteiger partial charge >= 0.3 is 0 Å². The molecule has 0 aliphatic heterocycles. The largest absolute Gasteiger partial charge is 0.395 e. The number of aromatic amines is 1. The van der Waals surface area contributed by atoms with E-state index in [4.69, 9.17) is 9.51 Å². The number of aliphatic hydroxyl groups is 1. The van der Waals surface area contributed by atoms with Crippen LogP contribution in [0.1, 0.15) is 31.7 Å². The van der Waals surface area contributed by atoms with Crippen LogP contribution in [0.25, 0.3) is 11.1 Å². The van der Waals surface area contributed by atoms with Crippen LogP contribution in [0.5, 0.6) is 0 Å². The molecule has 8 heteroatoms. The SMILES string of the molecule is CC[C@@H](C)N(CCO)c1cc(-c2c(C)noc2C)cc(Nc2ccn[nH]2)n1. The highest BCUT2D eigenvalue weighted by molar-refractivity contribution is 5.74. The van der Waals surface area contributed by atoms with Crippen LogP contribution in [0.2, 0.25) is 0 Å². The summed E-state index contributed by atoms with van der Waals surface area (Å²) < 4.78 is 5.35. The maximum atomic E-state index is 9.54. The Morgan fingerprint density at radius 1 is 1.33 bits per heavy atom. The number of anilines is 3. The van der Waals surface area contributed by atoms with Gasteiger partial charge in [0, 0.05) is 24.2 Å². The third-order valence-electron chi connectivity index (χ3n) is 4.66. The van der Waals surface area contributed by atoms with Crippen molar-refractivity contribution in [3.8, 4) is 11.1 Å². The molecule has 0 saturated carbocycles. The zero-order valence-electron chi connectivity index (χ0n) is 16.2. The van der Waals surface area contributed by atoms with Crippen LogP contribution in [-0.2, 0) is 0 Å². The molecule has 3 rings (SSSR count). The third kappa shape index (κ3) is 4.11. The van der Waals surface area contributed by atoms with E-state index in [9.17, 15) is 5.11 Å². The first-order valence-electron chi connectivity index (χ1n) is 9.12. The molecule has 3 aromatic heterocycles. The average molecular weight is 370 g/mol. The number of aromatic nitrogens is 4. The molecule has 3 heterocycles. The number of aliphatic hydroxyl groups excluding tert-OH is 1. The Morgan fingerprint density at radius 3 is 2.74 bits per heavy atom. The lowest BCUT2D eigenvalue weighted by Gasteiger charge is -2.29. The minimum Gasteiger partial charge on any atom is -0.395 e. The molecule has 0 amide bonds. The number of aryl methyl sites for hydroxylation is 2. The number of hydrogen-bond acceptors (Lipinski definition) is 7. The third-order valence-corrected chi connectivity index (χ3v) is 4.66. The Balaban J connectivity index is 2.10. The van der Waals surface area contributed by atoms with Gasteiger partial charge in [-0.15, -0.1) is 0 Å². The summed E-state index contributed by atoms with van der Waals surface area (Å²) in [4.78, 5) is 6.88. The quantitative estimate of drug-likeness (QED) is 0.558. The van der Waals surface area contributed by atoms with Crippen LogP contribution in [0, 0.1) is 13.8 Å². The van der Waals surface area contributed by atoms with Gasteiger partial charge in [-0.1, -0.05) is 12.1 Å². The van der Waals surface area contributed by atoms with Crippen molar-refractivity contribution >= 4 is 17.5 Å². The number of pyridine rings is 1. The Hall–Kier alpha value is -2.87. The second-order valence-electron chi connectivity index (χ2n) is 6.57. The zero-order valence-corrected chi connectivity index (χ0v) is 16.2. The molecule has 144 valence electrons. The molecule has 0 radical (unpaired) electrons. The fourth-order valence-corrected chi connectivity index (χ4v) is 3.12. The van der Waals surface area contributed by atoms with Crippen molar-refractivity contribution in [3.05, 3.63) is 35.9 Å². The zero-order chi connectivity index (χ0) is 19.4. The molecule has 0 unspecified atom stereocenters. The molecule has 0 aromatic carbocycles. The van der Waals surface area contributed by atoms with E-state index in [2.05, 4.69) is 39.4 Å². The summed E-state index contributed by atoms with van der Waals surface area (Å²) in [6.07, 6.45) is 2.62. The second kappa shape index (κ2) is 8.22. The Bertz CT molecular complexity index is 855. The summed E-state index contributed by atoms with van der Waals surface area (Å²) in [6, 6.07) is 6.06. The van der Waals surface area contributed by atoms with Gasteiger partial charge < -0.3 is 19.8 Å². The molecule has 0 spiro atoms. The maximum Gasteiger partial charge on any atom is 0.141 e. The summed E-state index contributed by atoms with van der Waals surface area (Å²) in [6.45, 7) is 8.64. The van der Waals surface area contributed by atoms with Gasteiger partial charge in [-0.05, 0) is 44.9 Å². The summed E-state index contributed by atoms with van der Waals surface area (Å²) in [5, 5.41) is 23.7. The number of rotatable bonds is 8. The molecule has 3 N–H and O–H groups in total. The van der Waals surface area contributed by atoms with Gasteiger partial charge in [0.25, 0.3) is 0 Å². The normalized spacial score (nSPS) is 12.2. The predicted octanol–water partition coefficient (Wildman–Crippen LogP) is 3.42. The van der Waals surface area contributed by atoms with Crippen LogP contribution in [0.4, 0.5) is 17.5 Å². The van der Waals surface area contributed by atoms with E-state index in [0.717, 1.165) is 40.6 Å². The first-order chi connectivity index (χ1) is 13.0. The first kappa shape index (κ1) is 18.9. The molecule has 0 aliphatic rings. The topological polar surface area (TPSA) is 103 Å². The smallest absolute Gasteiger partial charge is 0.141 e. The molecule has 3 aromatic rings. The molecule has 0 bridgehead atoms. The van der Waals surface area contributed by atoms with Crippen molar-refractivity contribution in [1.82, 2.24) is 20.3 Å². The van der Waals surface area contributed by atoms with Crippen molar-refractivity contribution in [3.63, 3.8) is 0 Å². The second-order valence-corrected chi connectivity index (χ2v) is 6.57. The fraction of sp³-hybridized carbons (Fsp3) is 0.421. The van der Waals surface area contributed by atoms with E-state index in [1.807, 2.05) is 32.0 Å². The van der Waals surface area contributed by atoms with Crippen LogP contribution >= 0.6 is 0 Å². The monoisotopic (exact) mass is 370 g/mol. The van der Waals surface area contributed by atoms with Gasteiger partial charge in [0.15, 0.2) is 0 Å². The predicted molar refractivity (Wildman–Crippen MR) is 105 cm³/mol. The lowest BCUT2D eigenvalue weighted by molar-refractivity contribution is 0.297. The van der Waals surface area contributed by atoms with Crippen LogP contribution < -0.4 is 10.2 Å². The van der Waals surface area contributed by atoms with E-state index in [-0.39, 0.29) is 12.6 Å². The van der Waals surface area contributed by atoms with Crippen molar-refractivity contribution < 1.29 is 9.63 Å². The molecule has 0 saturated heterocycles. The number of nitrogens with one attached hydrogen (secondary N) is 2. The van der Waals surface area contributed by atoms with Gasteiger partial charge in [-0.3, -0.25) is 5.10 Å². The Morgan fingerprint density at radius 2 is 2.15 bits per heavy atom. The molecule has 0 fully saturated rings. The molecular formula is C19H26N6O2. The summed E-state index contributed by atoms with van der Waals surface area (Å²) in [5.74, 6) is 2.98.